The number of halogens is 1. The van der Waals surface area contributed by atoms with E-state index in [4.69, 9.17) is 0 Å². The Balaban J connectivity index is 1.96. The van der Waals surface area contributed by atoms with Crippen molar-refractivity contribution < 1.29 is 4.79 Å². The second-order valence-corrected chi connectivity index (χ2v) is 6.18. The second kappa shape index (κ2) is 5.93. The van der Waals surface area contributed by atoms with Gasteiger partial charge in [0.2, 0.25) is 5.91 Å². The number of carbonyl (C=O) groups excluding carboxylic acids is 1. The molecule has 0 aliphatic heterocycles. The number of hydrogen-bond acceptors (Lipinski definition) is 3. The van der Waals surface area contributed by atoms with Crippen molar-refractivity contribution in [1.29, 1.82) is 0 Å². The lowest BCUT2D eigenvalue weighted by molar-refractivity contribution is -0.111. The number of nitrogens with one attached hydrogen (secondary N) is 1. The first-order valence-corrected chi connectivity index (χ1v) is 6.91. The number of hydrogen-bond donors (Lipinski definition) is 1. The van der Waals surface area contributed by atoms with Gasteiger partial charge in [0.05, 0.1) is 3.79 Å². The molecule has 92 valence electrons. The Kier molecular flexibility index (Phi) is 4.28. The number of pyridine rings is 1. The molecule has 1 N–H and O–H groups in total. The first-order chi connectivity index (χ1) is 8.63. The van der Waals surface area contributed by atoms with Crippen molar-refractivity contribution in [1.82, 2.24) is 4.98 Å². The molecule has 18 heavy (non-hydrogen) atoms. The molecule has 0 aliphatic rings. The summed E-state index contributed by atoms with van der Waals surface area (Å²) in [6.07, 6.45) is 4.99. The van der Waals surface area contributed by atoms with Gasteiger partial charge in [-0.05, 0) is 52.7 Å². The molecule has 0 radical (unpaired) electrons. The maximum atomic E-state index is 11.6. The van der Waals surface area contributed by atoms with Crippen LogP contribution in [0.3, 0.4) is 0 Å². The summed E-state index contributed by atoms with van der Waals surface area (Å²) in [4.78, 5) is 16.8. The lowest BCUT2D eigenvalue weighted by Gasteiger charge is -2.00. The van der Waals surface area contributed by atoms with Crippen molar-refractivity contribution in [2.24, 2.45) is 0 Å². The molecule has 0 saturated carbocycles. The van der Waals surface area contributed by atoms with Gasteiger partial charge in [-0.3, -0.25) is 4.79 Å². The van der Waals surface area contributed by atoms with Crippen LogP contribution in [0.15, 0.2) is 40.3 Å². The zero-order chi connectivity index (χ0) is 13.0. The molecule has 3 nitrogen and oxygen atoms in total. The Morgan fingerprint density at radius 2 is 2.22 bits per heavy atom. The van der Waals surface area contributed by atoms with Gasteiger partial charge in [0.15, 0.2) is 0 Å². The van der Waals surface area contributed by atoms with Crippen LogP contribution < -0.4 is 5.32 Å². The minimum absolute atomic E-state index is 0.184. The van der Waals surface area contributed by atoms with Crippen molar-refractivity contribution in [3.8, 4) is 0 Å². The van der Waals surface area contributed by atoms with Gasteiger partial charge in [-0.2, -0.15) is 0 Å². The van der Waals surface area contributed by atoms with Gasteiger partial charge in [0.1, 0.15) is 5.82 Å². The van der Waals surface area contributed by atoms with Crippen LogP contribution in [-0.2, 0) is 4.79 Å². The highest BCUT2D eigenvalue weighted by molar-refractivity contribution is 9.11. The molecule has 1 amide bonds. The third-order valence-corrected chi connectivity index (χ3v) is 3.74. The third kappa shape index (κ3) is 3.78. The summed E-state index contributed by atoms with van der Waals surface area (Å²) in [7, 11) is 0. The molecule has 0 aromatic carbocycles. The molecule has 0 atom stereocenters. The SMILES string of the molecule is Cc1ccc(NC(=O)/C=C/c2ccc(Br)s2)nc1. The number of carbonyl (C=O) groups is 1. The van der Waals surface area contributed by atoms with Crippen LogP contribution in [-0.4, -0.2) is 10.9 Å². The molecule has 0 bridgehead atoms. The number of aryl methyl sites for hydroxylation is 1. The molecule has 2 rings (SSSR count). The van der Waals surface area contributed by atoms with Crippen LogP contribution in [0.1, 0.15) is 10.4 Å². The van der Waals surface area contributed by atoms with E-state index in [0.717, 1.165) is 14.2 Å². The van der Waals surface area contributed by atoms with Gasteiger partial charge < -0.3 is 5.32 Å². The maximum absolute atomic E-state index is 11.6. The highest BCUT2D eigenvalue weighted by atomic mass is 79.9. The van der Waals surface area contributed by atoms with Gasteiger partial charge in [0, 0.05) is 17.2 Å². The van der Waals surface area contributed by atoms with Crippen molar-refractivity contribution in [2.75, 3.05) is 5.32 Å². The highest BCUT2D eigenvalue weighted by Crippen LogP contribution is 2.22. The zero-order valence-electron chi connectivity index (χ0n) is 9.68. The molecular formula is C13H11BrN2OS. The van der Waals surface area contributed by atoms with E-state index < -0.39 is 0 Å². The molecule has 2 aromatic rings. The lowest BCUT2D eigenvalue weighted by atomic mass is 10.3. The average molecular weight is 323 g/mol. The molecule has 0 aliphatic carbocycles. The summed E-state index contributed by atoms with van der Waals surface area (Å²) in [5.74, 6) is 0.374. The number of anilines is 1. The summed E-state index contributed by atoms with van der Waals surface area (Å²) in [5, 5.41) is 2.70. The summed E-state index contributed by atoms with van der Waals surface area (Å²) < 4.78 is 1.04. The fraction of sp³-hybridized carbons (Fsp3) is 0.0769. The molecule has 0 fully saturated rings. The van der Waals surface area contributed by atoms with Crippen LogP contribution in [0.25, 0.3) is 6.08 Å². The Bertz CT molecular complexity index is 575. The van der Waals surface area contributed by atoms with E-state index in [0.29, 0.717) is 5.82 Å². The minimum atomic E-state index is -0.184. The predicted molar refractivity (Wildman–Crippen MR) is 78.7 cm³/mol. The van der Waals surface area contributed by atoms with Crippen molar-refractivity contribution in [2.45, 2.75) is 6.92 Å². The van der Waals surface area contributed by atoms with Gasteiger partial charge in [-0.15, -0.1) is 11.3 Å². The molecule has 0 unspecified atom stereocenters. The monoisotopic (exact) mass is 322 g/mol. The smallest absolute Gasteiger partial charge is 0.249 e. The number of aromatic nitrogens is 1. The summed E-state index contributed by atoms with van der Waals surface area (Å²) >= 11 is 4.95. The Hall–Kier alpha value is -1.46. The number of nitrogens with zero attached hydrogens (tertiary/aromatic N) is 1. The van der Waals surface area contributed by atoms with Gasteiger partial charge in [-0.1, -0.05) is 6.07 Å². The summed E-state index contributed by atoms with van der Waals surface area (Å²) in [5.41, 5.74) is 1.06. The number of amides is 1. The zero-order valence-corrected chi connectivity index (χ0v) is 12.1. The summed E-state index contributed by atoms with van der Waals surface area (Å²) in [6, 6.07) is 7.58. The summed E-state index contributed by atoms with van der Waals surface area (Å²) in [6.45, 7) is 1.95. The average Bonchev–Trinajstić information content (AvgIpc) is 2.76. The van der Waals surface area contributed by atoms with E-state index in [2.05, 4.69) is 26.2 Å². The molecule has 5 heteroatoms. The van der Waals surface area contributed by atoms with Crippen LogP contribution in [0.2, 0.25) is 0 Å². The quantitative estimate of drug-likeness (QED) is 0.872. The predicted octanol–water partition coefficient (Wildman–Crippen LogP) is 3.87. The second-order valence-electron chi connectivity index (χ2n) is 3.69. The normalized spacial score (nSPS) is 10.8. The largest absolute Gasteiger partial charge is 0.307 e. The minimum Gasteiger partial charge on any atom is -0.307 e. The number of thiophene rings is 1. The van der Waals surface area contributed by atoms with Crippen molar-refractivity contribution in [3.63, 3.8) is 0 Å². The van der Waals surface area contributed by atoms with E-state index in [9.17, 15) is 4.79 Å². The lowest BCUT2D eigenvalue weighted by Crippen LogP contribution is -2.08. The Labute approximate surface area is 118 Å². The fourth-order valence-electron chi connectivity index (χ4n) is 1.29. The van der Waals surface area contributed by atoms with E-state index in [1.54, 1.807) is 29.7 Å². The molecular weight excluding hydrogens is 312 g/mol. The molecule has 2 heterocycles. The van der Waals surface area contributed by atoms with Crippen molar-refractivity contribution in [3.05, 3.63) is 50.8 Å². The maximum Gasteiger partial charge on any atom is 0.249 e. The van der Waals surface area contributed by atoms with Crippen LogP contribution >= 0.6 is 27.3 Å². The highest BCUT2D eigenvalue weighted by Gasteiger charge is 1.99. The van der Waals surface area contributed by atoms with Crippen molar-refractivity contribution >= 4 is 45.1 Å². The van der Waals surface area contributed by atoms with E-state index in [-0.39, 0.29) is 5.91 Å². The molecule has 0 spiro atoms. The van der Waals surface area contributed by atoms with Crippen LogP contribution in [0.5, 0.6) is 0 Å². The first-order valence-electron chi connectivity index (χ1n) is 5.30. The van der Waals surface area contributed by atoms with Crippen LogP contribution in [0.4, 0.5) is 5.82 Å². The van der Waals surface area contributed by atoms with Gasteiger partial charge >= 0.3 is 0 Å². The molecule has 2 aromatic heterocycles. The standard InChI is InChI=1S/C13H11BrN2OS/c1-9-2-6-12(15-8-9)16-13(17)7-4-10-3-5-11(14)18-10/h2-8H,1H3,(H,15,16,17)/b7-4+. The van der Waals surface area contributed by atoms with E-state index in [1.165, 1.54) is 6.08 Å². The first kappa shape index (κ1) is 13.0. The van der Waals surface area contributed by atoms with E-state index in [1.807, 2.05) is 25.1 Å². The van der Waals surface area contributed by atoms with Gasteiger partial charge in [-0.25, -0.2) is 4.98 Å². The number of rotatable bonds is 3. The Morgan fingerprint density at radius 3 is 2.83 bits per heavy atom. The van der Waals surface area contributed by atoms with E-state index >= 15 is 0 Å². The van der Waals surface area contributed by atoms with Crippen LogP contribution in [0, 0.1) is 6.92 Å². The fourth-order valence-corrected chi connectivity index (χ4v) is 2.61. The van der Waals surface area contributed by atoms with Gasteiger partial charge in [0.25, 0.3) is 0 Å². The Morgan fingerprint density at radius 1 is 1.39 bits per heavy atom. The topological polar surface area (TPSA) is 42.0 Å². The third-order valence-electron chi connectivity index (χ3n) is 2.16. The molecule has 0 saturated heterocycles.